The lowest BCUT2D eigenvalue weighted by Gasteiger charge is -2.17. The Bertz CT molecular complexity index is 537. The summed E-state index contributed by atoms with van der Waals surface area (Å²) < 4.78 is 13.4. The van der Waals surface area contributed by atoms with E-state index in [0.29, 0.717) is 0 Å². The van der Waals surface area contributed by atoms with E-state index >= 15 is 0 Å². The zero-order chi connectivity index (χ0) is 15.4. The van der Waals surface area contributed by atoms with Crippen molar-refractivity contribution in [3.8, 4) is 0 Å². The molecule has 4 nitrogen and oxygen atoms in total. The summed E-state index contributed by atoms with van der Waals surface area (Å²) in [4.78, 5) is 23.1. The van der Waals surface area contributed by atoms with Crippen LogP contribution in [0.25, 0.3) is 0 Å². The van der Waals surface area contributed by atoms with Crippen LogP contribution in [0.5, 0.6) is 0 Å². The Balaban J connectivity index is 2.97. The number of carboxylic acids is 1. The Labute approximate surface area is 129 Å². The van der Waals surface area contributed by atoms with E-state index in [0.717, 1.165) is 6.07 Å². The zero-order valence-electron chi connectivity index (χ0n) is 10.9. The Morgan fingerprint density at radius 3 is 2.55 bits per heavy atom. The van der Waals surface area contributed by atoms with Crippen molar-refractivity contribution in [1.29, 1.82) is 0 Å². The van der Waals surface area contributed by atoms with Gasteiger partial charge in [-0.15, -0.1) is 0 Å². The number of amides is 1. The Kier molecular flexibility index (Phi) is 5.95. The van der Waals surface area contributed by atoms with Crippen molar-refractivity contribution < 1.29 is 19.1 Å². The zero-order valence-corrected chi connectivity index (χ0v) is 13.3. The van der Waals surface area contributed by atoms with Crippen LogP contribution in [0.4, 0.5) is 4.39 Å². The van der Waals surface area contributed by atoms with Crippen LogP contribution in [0.3, 0.4) is 0 Å². The minimum absolute atomic E-state index is 0.0370. The minimum atomic E-state index is -1.13. The van der Waals surface area contributed by atoms with Gasteiger partial charge in [0.1, 0.15) is 11.9 Å². The number of halogens is 3. The number of aliphatic carboxylic acids is 1. The number of carboxylic acid groups (broad SMARTS) is 1. The Morgan fingerprint density at radius 2 is 2.05 bits per heavy atom. The molecule has 0 saturated carbocycles. The van der Waals surface area contributed by atoms with Gasteiger partial charge in [0, 0.05) is 5.02 Å². The summed E-state index contributed by atoms with van der Waals surface area (Å²) in [6, 6.07) is 1.31. The van der Waals surface area contributed by atoms with E-state index in [1.54, 1.807) is 0 Å². The first-order valence-corrected chi connectivity index (χ1v) is 7.07. The first-order chi connectivity index (χ1) is 9.22. The molecule has 0 bridgehead atoms. The largest absolute Gasteiger partial charge is 0.480 e. The topological polar surface area (TPSA) is 66.4 Å². The summed E-state index contributed by atoms with van der Waals surface area (Å²) in [5.74, 6) is -2.41. The second-order valence-corrected chi connectivity index (χ2v) is 5.97. The third-order valence-electron chi connectivity index (χ3n) is 2.55. The number of rotatable bonds is 5. The van der Waals surface area contributed by atoms with E-state index in [1.807, 2.05) is 13.8 Å². The standard InChI is InChI=1S/C13H14BrClFNO3/c1-6(2)3-10(13(19)20)17-12(18)8-4-7(15)5-9(16)11(8)14/h4-6,10H,3H2,1-2H3,(H,17,18)(H,19,20)/t10-/m1/s1. The number of hydrogen-bond donors (Lipinski definition) is 2. The van der Waals surface area contributed by atoms with E-state index in [9.17, 15) is 14.0 Å². The van der Waals surface area contributed by atoms with E-state index < -0.39 is 23.7 Å². The maximum Gasteiger partial charge on any atom is 0.326 e. The van der Waals surface area contributed by atoms with Crippen molar-refractivity contribution >= 4 is 39.4 Å². The average Bonchev–Trinajstić information content (AvgIpc) is 2.32. The lowest BCUT2D eigenvalue weighted by molar-refractivity contribution is -0.139. The van der Waals surface area contributed by atoms with Gasteiger partial charge in [-0.3, -0.25) is 4.79 Å². The molecule has 7 heteroatoms. The molecule has 0 spiro atoms. The molecule has 0 saturated heterocycles. The van der Waals surface area contributed by atoms with Gasteiger partial charge in [-0.05, 0) is 40.4 Å². The smallest absolute Gasteiger partial charge is 0.326 e. The highest BCUT2D eigenvalue weighted by atomic mass is 79.9. The predicted octanol–water partition coefficient (Wildman–Crippen LogP) is 3.47. The van der Waals surface area contributed by atoms with Crippen LogP contribution in [0.2, 0.25) is 5.02 Å². The minimum Gasteiger partial charge on any atom is -0.480 e. The highest BCUT2D eigenvalue weighted by Crippen LogP contribution is 2.25. The fourth-order valence-electron chi connectivity index (χ4n) is 1.65. The SMILES string of the molecule is CC(C)C[C@@H](NC(=O)c1cc(Cl)cc(F)c1Br)C(=O)O. The highest BCUT2D eigenvalue weighted by Gasteiger charge is 2.23. The van der Waals surface area contributed by atoms with Crippen LogP contribution in [-0.2, 0) is 4.79 Å². The third-order valence-corrected chi connectivity index (χ3v) is 3.57. The second kappa shape index (κ2) is 7.04. The van der Waals surface area contributed by atoms with Gasteiger partial charge >= 0.3 is 5.97 Å². The van der Waals surface area contributed by atoms with Crippen LogP contribution in [0, 0.1) is 11.7 Å². The van der Waals surface area contributed by atoms with Crippen LogP contribution < -0.4 is 5.32 Å². The molecule has 1 atom stereocenters. The molecule has 1 aromatic rings. The fourth-order valence-corrected chi connectivity index (χ4v) is 2.26. The van der Waals surface area contributed by atoms with Gasteiger partial charge in [0.2, 0.25) is 0 Å². The molecule has 0 heterocycles. The van der Waals surface area contributed by atoms with Gasteiger partial charge in [0.15, 0.2) is 0 Å². The van der Waals surface area contributed by atoms with Crippen molar-refractivity contribution in [2.75, 3.05) is 0 Å². The van der Waals surface area contributed by atoms with Crippen LogP contribution in [0.15, 0.2) is 16.6 Å². The summed E-state index contributed by atoms with van der Waals surface area (Å²) in [7, 11) is 0. The Morgan fingerprint density at radius 1 is 1.45 bits per heavy atom. The molecule has 2 N–H and O–H groups in total. The van der Waals surface area contributed by atoms with Gasteiger partial charge in [0.05, 0.1) is 10.0 Å². The van der Waals surface area contributed by atoms with E-state index in [2.05, 4.69) is 21.2 Å². The van der Waals surface area contributed by atoms with E-state index in [4.69, 9.17) is 16.7 Å². The maximum atomic E-state index is 13.5. The molecule has 20 heavy (non-hydrogen) atoms. The summed E-state index contributed by atoms with van der Waals surface area (Å²) in [6.45, 7) is 3.69. The number of hydrogen-bond acceptors (Lipinski definition) is 2. The Hall–Kier alpha value is -1.14. The van der Waals surface area contributed by atoms with Gasteiger partial charge in [-0.25, -0.2) is 9.18 Å². The molecule has 1 aromatic carbocycles. The molecule has 0 aromatic heterocycles. The fraction of sp³-hybridized carbons (Fsp3) is 0.385. The van der Waals surface area contributed by atoms with Crippen molar-refractivity contribution in [3.05, 3.63) is 33.0 Å². The summed E-state index contributed by atoms with van der Waals surface area (Å²) in [6.07, 6.45) is 0.280. The summed E-state index contributed by atoms with van der Waals surface area (Å²) in [5.41, 5.74) is -0.0370. The van der Waals surface area contributed by atoms with Crippen molar-refractivity contribution in [3.63, 3.8) is 0 Å². The highest BCUT2D eigenvalue weighted by molar-refractivity contribution is 9.10. The molecule has 0 aliphatic rings. The van der Waals surface area contributed by atoms with Gasteiger partial charge in [0.25, 0.3) is 5.91 Å². The summed E-state index contributed by atoms with van der Waals surface area (Å²) >= 11 is 8.64. The number of carbonyl (C=O) groups excluding carboxylic acids is 1. The van der Waals surface area contributed by atoms with Gasteiger partial charge in [-0.1, -0.05) is 25.4 Å². The molecular weight excluding hydrogens is 353 g/mol. The van der Waals surface area contributed by atoms with Crippen molar-refractivity contribution in [2.45, 2.75) is 26.3 Å². The molecule has 1 rings (SSSR count). The van der Waals surface area contributed by atoms with Crippen LogP contribution in [0.1, 0.15) is 30.6 Å². The second-order valence-electron chi connectivity index (χ2n) is 4.74. The third kappa shape index (κ3) is 4.45. The van der Waals surface area contributed by atoms with E-state index in [-0.39, 0.29) is 27.4 Å². The first-order valence-electron chi connectivity index (χ1n) is 5.90. The van der Waals surface area contributed by atoms with E-state index in [1.165, 1.54) is 6.07 Å². The monoisotopic (exact) mass is 365 g/mol. The summed E-state index contributed by atoms with van der Waals surface area (Å²) in [5, 5.41) is 11.5. The maximum absolute atomic E-state index is 13.5. The molecule has 0 aliphatic heterocycles. The molecule has 0 radical (unpaired) electrons. The number of benzene rings is 1. The molecule has 1 amide bonds. The lowest BCUT2D eigenvalue weighted by Crippen LogP contribution is -2.41. The number of nitrogens with one attached hydrogen (secondary N) is 1. The normalized spacial score (nSPS) is 12.3. The molecule has 110 valence electrons. The van der Waals surface area contributed by atoms with Crippen molar-refractivity contribution in [1.82, 2.24) is 5.32 Å². The van der Waals surface area contributed by atoms with Gasteiger partial charge < -0.3 is 10.4 Å². The van der Waals surface area contributed by atoms with Gasteiger partial charge in [-0.2, -0.15) is 0 Å². The molecule has 0 aliphatic carbocycles. The molecular formula is C13H14BrClFNO3. The lowest BCUT2D eigenvalue weighted by atomic mass is 10.0. The number of carbonyl (C=O) groups is 2. The molecule has 0 unspecified atom stereocenters. The van der Waals surface area contributed by atoms with Crippen LogP contribution >= 0.6 is 27.5 Å². The quantitative estimate of drug-likeness (QED) is 0.784. The predicted molar refractivity (Wildman–Crippen MR) is 77.5 cm³/mol. The average molecular weight is 367 g/mol. The van der Waals surface area contributed by atoms with Crippen molar-refractivity contribution in [2.24, 2.45) is 5.92 Å². The van der Waals surface area contributed by atoms with Crippen LogP contribution in [-0.4, -0.2) is 23.0 Å². The first kappa shape index (κ1) is 16.9. The molecule has 0 fully saturated rings.